The van der Waals surface area contributed by atoms with Gasteiger partial charge in [0.15, 0.2) is 5.78 Å². The Labute approximate surface area is 138 Å². The summed E-state index contributed by atoms with van der Waals surface area (Å²) in [6.45, 7) is 1.49. The molecule has 2 heterocycles. The molecule has 0 bridgehead atoms. The van der Waals surface area contributed by atoms with E-state index in [0.29, 0.717) is 23.3 Å². The minimum atomic E-state index is -0.290. The molecule has 1 unspecified atom stereocenters. The third-order valence-electron chi connectivity index (χ3n) is 4.20. The van der Waals surface area contributed by atoms with Crippen LogP contribution in [0, 0.1) is 5.92 Å². The molecule has 6 nitrogen and oxygen atoms in total. The van der Waals surface area contributed by atoms with Crippen molar-refractivity contribution in [3.8, 4) is 0 Å². The van der Waals surface area contributed by atoms with Crippen LogP contribution in [-0.4, -0.2) is 32.7 Å². The predicted molar refractivity (Wildman–Crippen MR) is 86.5 cm³/mol. The third-order valence-corrected chi connectivity index (χ3v) is 5.23. The number of hydrogen-bond acceptors (Lipinski definition) is 5. The lowest BCUT2D eigenvalue weighted by Gasteiger charge is -2.37. The lowest BCUT2D eigenvalue weighted by molar-refractivity contribution is 0.0235. The predicted octanol–water partition coefficient (Wildman–Crippen LogP) is 1.93. The van der Waals surface area contributed by atoms with Gasteiger partial charge >= 0.3 is 0 Å². The molecule has 1 saturated carbocycles. The summed E-state index contributed by atoms with van der Waals surface area (Å²) in [4.78, 5) is 24.4. The lowest BCUT2D eigenvalue weighted by Crippen LogP contribution is -2.41. The van der Waals surface area contributed by atoms with Crippen LogP contribution in [0.1, 0.15) is 51.4 Å². The highest BCUT2D eigenvalue weighted by molar-refractivity contribution is 7.12. The molecule has 2 N–H and O–H groups in total. The van der Waals surface area contributed by atoms with Gasteiger partial charge < -0.3 is 10.4 Å². The van der Waals surface area contributed by atoms with Crippen molar-refractivity contribution in [3.05, 3.63) is 39.8 Å². The fourth-order valence-electron chi connectivity index (χ4n) is 2.84. The molecule has 1 fully saturated rings. The Kier molecular flexibility index (Phi) is 4.32. The average Bonchev–Trinajstić information content (AvgIpc) is 3.10. The van der Waals surface area contributed by atoms with E-state index in [2.05, 4.69) is 10.4 Å². The highest BCUT2D eigenvalue weighted by Gasteiger charge is 2.36. The van der Waals surface area contributed by atoms with E-state index in [1.165, 1.54) is 18.3 Å². The van der Waals surface area contributed by atoms with Crippen molar-refractivity contribution in [1.29, 1.82) is 0 Å². The monoisotopic (exact) mass is 333 g/mol. The second-order valence-corrected chi connectivity index (χ2v) is 6.95. The number of carbonyl (C=O) groups is 2. The van der Waals surface area contributed by atoms with Gasteiger partial charge in [0.25, 0.3) is 5.91 Å². The second-order valence-electron chi connectivity index (χ2n) is 6.04. The van der Waals surface area contributed by atoms with E-state index >= 15 is 0 Å². The first-order chi connectivity index (χ1) is 10.9. The molecule has 2 aromatic rings. The standard InChI is InChI=1S/C16H19N3O3S/c1-9(20)14-5-11(8-23-14)16(22)18-15(10-3-13(21)4-10)12-6-17-19(2)7-12/h5-8,10,13,15,21H,3-4H2,1-2H3,(H,18,22). The van der Waals surface area contributed by atoms with Gasteiger partial charge in [-0.1, -0.05) is 0 Å². The van der Waals surface area contributed by atoms with Crippen molar-refractivity contribution in [2.75, 3.05) is 0 Å². The Hall–Kier alpha value is -1.99. The molecule has 0 saturated heterocycles. The molecule has 7 heteroatoms. The zero-order chi connectivity index (χ0) is 16.6. The molecule has 3 rings (SSSR count). The van der Waals surface area contributed by atoms with Crippen molar-refractivity contribution < 1.29 is 14.7 Å². The molecule has 1 aliphatic carbocycles. The first-order valence-corrected chi connectivity index (χ1v) is 8.39. The fourth-order valence-corrected chi connectivity index (χ4v) is 3.63. The van der Waals surface area contributed by atoms with Crippen molar-refractivity contribution >= 4 is 23.0 Å². The van der Waals surface area contributed by atoms with E-state index in [4.69, 9.17) is 0 Å². The van der Waals surface area contributed by atoms with Crippen molar-refractivity contribution in [3.63, 3.8) is 0 Å². The molecule has 0 radical (unpaired) electrons. The molecular weight excluding hydrogens is 314 g/mol. The first kappa shape index (κ1) is 15.9. The highest BCUT2D eigenvalue weighted by Crippen LogP contribution is 2.38. The van der Waals surface area contributed by atoms with Gasteiger partial charge in [-0.2, -0.15) is 5.10 Å². The van der Waals surface area contributed by atoms with Crippen LogP contribution in [0.4, 0.5) is 0 Å². The second kappa shape index (κ2) is 6.25. The van der Waals surface area contributed by atoms with Crippen LogP contribution < -0.4 is 5.32 Å². The molecule has 0 aliphatic heterocycles. The van der Waals surface area contributed by atoms with Crippen LogP contribution in [-0.2, 0) is 7.05 Å². The maximum atomic E-state index is 12.5. The van der Waals surface area contributed by atoms with E-state index in [0.717, 1.165) is 5.56 Å². The molecule has 2 aromatic heterocycles. The summed E-state index contributed by atoms with van der Waals surface area (Å²) in [5.74, 6) is -0.0481. The average molecular weight is 333 g/mol. The number of carbonyl (C=O) groups excluding carboxylic acids is 2. The summed E-state index contributed by atoms with van der Waals surface area (Å²) < 4.78 is 1.70. The van der Waals surface area contributed by atoms with Crippen molar-refractivity contribution in [1.82, 2.24) is 15.1 Å². The summed E-state index contributed by atoms with van der Waals surface area (Å²) in [5, 5.41) is 18.5. The maximum Gasteiger partial charge on any atom is 0.252 e. The van der Waals surface area contributed by atoms with Gasteiger partial charge in [0.05, 0.1) is 28.8 Å². The fraction of sp³-hybridized carbons (Fsp3) is 0.438. The SMILES string of the molecule is CC(=O)c1cc(C(=O)NC(c2cnn(C)c2)C2CC(O)C2)cs1. The largest absolute Gasteiger partial charge is 0.393 e. The van der Waals surface area contributed by atoms with Gasteiger partial charge in [-0.3, -0.25) is 14.3 Å². The van der Waals surface area contributed by atoms with E-state index in [1.54, 1.807) is 22.3 Å². The summed E-state index contributed by atoms with van der Waals surface area (Å²) in [6.07, 6.45) is 4.67. The minimum Gasteiger partial charge on any atom is -0.393 e. The number of Topliss-reactive ketones (excluding diaryl/α,β-unsaturated/α-hetero) is 1. The Balaban J connectivity index is 1.77. The van der Waals surface area contributed by atoms with Crippen molar-refractivity contribution in [2.24, 2.45) is 13.0 Å². The van der Waals surface area contributed by atoms with Gasteiger partial charge in [0, 0.05) is 24.2 Å². The number of aromatic nitrogens is 2. The number of nitrogens with zero attached hydrogens (tertiary/aromatic N) is 2. The van der Waals surface area contributed by atoms with Crippen LogP contribution in [0.5, 0.6) is 0 Å². The summed E-state index contributed by atoms with van der Waals surface area (Å²) in [6, 6.07) is 1.44. The number of aliphatic hydroxyl groups is 1. The molecule has 0 spiro atoms. The van der Waals surface area contributed by atoms with E-state index in [1.807, 2.05) is 13.2 Å². The topological polar surface area (TPSA) is 84.2 Å². The number of thiophene rings is 1. The molecule has 1 atom stereocenters. The molecule has 23 heavy (non-hydrogen) atoms. The number of aliphatic hydroxyl groups excluding tert-OH is 1. The molecule has 1 aliphatic rings. The number of amides is 1. The number of rotatable bonds is 5. The number of ketones is 1. The minimum absolute atomic E-state index is 0.0417. The third kappa shape index (κ3) is 3.35. The Bertz CT molecular complexity index is 731. The molecular formula is C16H19N3O3S. The van der Waals surface area contributed by atoms with Crippen molar-refractivity contribution in [2.45, 2.75) is 31.9 Å². The van der Waals surface area contributed by atoms with E-state index in [9.17, 15) is 14.7 Å². The Morgan fingerprint density at radius 2 is 2.22 bits per heavy atom. The molecule has 122 valence electrons. The van der Waals surface area contributed by atoms with Gasteiger partial charge in [0.2, 0.25) is 0 Å². The molecule has 1 amide bonds. The van der Waals surface area contributed by atoms with Crippen LogP contribution >= 0.6 is 11.3 Å². The number of nitrogens with one attached hydrogen (secondary N) is 1. The smallest absolute Gasteiger partial charge is 0.252 e. The summed E-state index contributed by atoms with van der Waals surface area (Å²) in [7, 11) is 1.83. The molecule has 0 aromatic carbocycles. The number of aryl methyl sites for hydroxylation is 1. The normalized spacial score (nSPS) is 21.5. The van der Waals surface area contributed by atoms with Crippen LogP contribution in [0.15, 0.2) is 23.8 Å². The maximum absolute atomic E-state index is 12.5. The van der Waals surface area contributed by atoms with E-state index in [-0.39, 0.29) is 29.8 Å². The van der Waals surface area contributed by atoms with Gasteiger partial charge in [-0.05, 0) is 31.7 Å². The number of hydrogen-bond donors (Lipinski definition) is 2. The highest BCUT2D eigenvalue weighted by atomic mass is 32.1. The zero-order valence-corrected chi connectivity index (χ0v) is 13.8. The summed E-state index contributed by atoms with van der Waals surface area (Å²) >= 11 is 1.27. The first-order valence-electron chi connectivity index (χ1n) is 7.51. The van der Waals surface area contributed by atoms with Crippen LogP contribution in [0.2, 0.25) is 0 Å². The van der Waals surface area contributed by atoms with Gasteiger partial charge in [0.1, 0.15) is 0 Å². The Morgan fingerprint density at radius 1 is 1.48 bits per heavy atom. The Morgan fingerprint density at radius 3 is 2.74 bits per heavy atom. The quantitative estimate of drug-likeness (QED) is 0.819. The van der Waals surface area contributed by atoms with Gasteiger partial charge in [-0.25, -0.2) is 0 Å². The zero-order valence-electron chi connectivity index (χ0n) is 13.0. The van der Waals surface area contributed by atoms with Crippen LogP contribution in [0.3, 0.4) is 0 Å². The van der Waals surface area contributed by atoms with Gasteiger partial charge in [-0.15, -0.1) is 11.3 Å². The summed E-state index contributed by atoms with van der Waals surface area (Å²) in [5.41, 5.74) is 1.42. The van der Waals surface area contributed by atoms with E-state index < -0.39 is 0 Å². The van der Waals surface area contributed by atoms with Crippen LogP contribution in [0.25, 0.3) is 0 Å². The lowest BCUT2D eigenvalue weighted by atomic mass is 9.75.